The van der Waals surface area contributed by atoms with Gasteiger partial charge in [-0.25, -0.2) is 0 Å². The molecule has 1 unspecified atom stereocenters. The Balaban J connectivity index is 2.03. The molecule has 1 fully saturated rings. The summed E-state index contributed by atoms with van der Waals surface area (Å²) in [5, 5.41) is 3.31. The summed E-state index contributed by atoms with van der Waals surface area (Å²) >= 11 is 0. The smallest absolute Gasteiger partial charge is 0.00985 e. The predicted molar refractivity (Wildman–Crippen MR) is 49.6 cm³/mol. The van der Waals surface area contributed by atoms with Crippen LogP contribution in [0.3, 0.4) is 0 Å². The summed E-state index contributed by atoms with van der Waals surface area (Å²) in [6.45, 7) is 3.75. The number of rotatable bonds is 6. The molecule has 1 heteroatoms. The molecule has 1 aliphatic carbocycles. The largest absolute Gasteiger partial charge is 0.317 e. The van der Waals surface area contributed by atoms with Gasteiger partial charge in [0.15, 0.2) is 0 Å². The summed E-state index contributed by atoms with van der Waals surface area (Å²) in [6, 6.07) is 0.674. The van der Waals surface area contributed by atoms with Crippen molar-refractivity contribution < 1.29 is 0 Å². The fourth-order valence-corrected chi connectivity index (χ4v) is 1.42. The fourth-order valence-electron chi connectivity index (χ4n) is 1.42. The van der Waals surface area contributed by atoms with E-state index >= 15 is 0 Å². The van der Waals surface area contributed by atoms with Crippen LogP contribution in [0, 0.1) is 5.92 Å². The highest BCUT2D eigenvalue weighted by Crippen LogP contribution is 2.34. The van der Waals surface area contributed by atoms with E-state index in [1.807, 2.05) is 13.1 Å². The van der Waals surface area contributed by atoms with E-state index in [1.165, 1.54) is 25.7 Å². The van der Waals surface area contributed by atoms with Crippen LogP contribution in [-0.4, -0.2) is 13.1 Å². The standard InChI is InChI=1S/C10H19N/c1-3-4-10(11-2)8-7-9-5-6-9/h3,9-11H,1,4-8H2,2H3. The van der Waals surface area contributed by atoms with Crippen LogP contribution in [0.1, 0.15) is 32.1 Å². The minimum absolute atomic E-state index is 0.674. The van der Waals surface area contributed by atoms with E-state index in [9.17, 15) is 0 Å². The molecule has 0 aromatic heterocycles. The van der Waals surface area contributed by atoms with Gasteiger partial charge in [-0.3, -0.25) is 0 Å². The lowest BCUT2D eigenvalue weighted by Gasteiger charge is -2.12. The Bertz CT molecular complexity index is 116. The molecule has 0 aromatic rings. The molecule has 64 valence electrons. The second-order valence-corrected chi connectivity index (χ2v) is 3.53. The lowest BCUT2D eigenvalue weighted by atomic mass is 10.1. The van der Waals surface area contributed by atoms with Gasteiger partial charge >= 0.3 is 0 Å². The topological polar surface area (TPSA) is 12.0 Å². The normalized spacial score (nSPS) is 19.7. The number of nitrogens with one attached hydrogen (secondary N) is 1. The first kappa shape index (κ1) is 8.79. The van der Waals surface area contributed by atoms with Crippen LogP contribution in [0.5, 0.6) is 0 Å². The summed E-state index contributed by atoms with van der Waals surface area (Å²) in [5.41, 5.74) is 0. The van der Waals surface area contributed by atoms with Gasteiger partial charge in [-0.15, -0.1) is 6.58 Å². The molecule has 0 heterocycles. The third-order valence-electron chi connectivity index (χ3n) is 2.48. The van der Waals surface area contributed by atoms with E-state index in [0.29, 0.717) is 6.04 Å². The van der Waals surface area contributed by atoms with E-state index in [2.05, 4.69) is 11.9 Å². The molecule has 1 rings (SSSR count). The van der Waals surface area contributed by atoms with E-state index in [-0.39, 0.29) is 0 Å². The van der Waals surface area contributed by atoms with E-state index in [1.54, 1.807) is 0 Å². The Labute approximate surface area is 69.9 Å². The summed E-state index contributed by atoms with van der Waals surface area (Å²) in [6.07, 6.45) is 8.82. The third kappa shape index (κ3) is 3.57. The van der Waals surface area contributed by atoms with Crippen LogP contribution in [-0.2, 0) is 0 Å². The SMILES string of the molecule is C=CCC(CCC1CC1)NC. The van der Waals surface area contributed by atoms with E-state index in [0.717, 1.165) is 12.3 Å². The molecular weight excluding hydrogens is 134 g/mol. The summed E-state index contributed by atoms with van der Waals surface area (Å²) < 4.78 is 0. The first-order chi connectivity index (χ1) is 5.36. The zero-order chi connectivity index (χ0) is 8.10. The van der Waals surface area contributed by atoms with Gasteiger partial charge in [-0.1, -0.05) is 18.9 Å². The van der Waals surface area contributed by atoms with Gasteiger partial charge in [-0.05, 0) is 32.2 Å². The lowest BCUT2D eigenvalue weighted by Crippen LogP contribution is -2.24. The average molecular weight is 153 g/mol. The van der Waals surface area contributed by atoms with Crippen molar-refractivity contribution in [2.24, 2.45) is 5.92 Å². The second-order valence-electron chi connectivity index (χ2n) is 3.53. The minimum Gasteiger partial charge on any atom is -0.317 e. The molecule has 1 aliphatic rings. The Hall–Kier alpha value is -0.300. The van der Waals surface area contributed by atoms with Crippen LogP contribution in [0.2, 0.25) is 0 Å². The van der Waals surface area contributed by atoms with Crippen LogP contribution < -0.4 is 5.32 Å². The molecule has 1 atom stereocenters. The van der Waals surface area contributed by atoms with Crippen molar-refractivity contribution in [1.29, 1.82) is 0 Å². The van der Waals surface area contributed by atoms with Crippen LogP contribution in [0.15, 0.2) is 12.7 Å². The highest BCUT2D eigenvalue weighted by atomic mass is 14.9. The van der Waals surface area contributed by atoms with Gasteiger partial charge in [0.1, 0.15) is 0 Å². The molecule has 1 N–H and O–H groups in total. The monoisotopic (exact) mass is 153 g/mol. The van der Waals surface area contributed by atoms with Crippen LogP contribution in [0.25, 0.3) is 0 Å². The Morgan fingerprint density at radius 1 is 1.64 bits per heavy atom. The Kier molecular flexibility index (Phi) is 3.64. The molecule has 0 spiro atoms. The molecule has 0 saturated heterocycles. The Morgan fingerprint density at radius 3 is 2.82 bits per heavy atom. The molecule has 11 heavy (non-hydrogen) atoms. The molecule has 0 amide bonds. The number of hydrogen-bond donors (Lipinski definition) is 1. The van der Waals surface area contributed by atoms with Crippen molar-refractivity contribution in [2.75, 3.05) is 7.05 Å². The second kappa shape index (κ2) is 4.55. The third-order valence-corrected chi connectivity index (χ3v) is 2.48. The Morgan fingerprint density at radius 2 is 2.36 bits per heavy atom. The fraction of sp³-hybridized carbons (Fsp3) is 0.800. The maximum atomic E-state index is 3.75. The summed E-state index contributed by atoms with van der Waals surface area (Å²) in [7, 11) is 2.04. The maximum absolute atomic E-state index is 3.75. The zero-order valence-electron chi connectivity index (χ0n) is 7.47. The van der Waals surface area contributed by atoms with Crippen LogP contribution in [0.4, 0.5) is 0 Å². The van der Waals surface area contributed by atoms with Crippen molar-refractivity contribution in [3.8, 4) is 0 Å². The van der Waals surface area contributed by atoms with Gasteiger partial charge < -0.3 is 5.32 Å². The van der Waals surface area contributed by atoms with E-state index in [4.69, 9.17) is 0 Å². The lowest BCUT2D eigenvalue weighted by molar-refractivity contribution is 0.491. The molecular formula is C10H19N. The average Bonchev–Trinajstić information content (AvgIpc) is 2.81. The minimum atomic E-state index is 0.674. The van der Waals surface area contributed by atoms with Crippen molar-refractivity contribution in [3.63, 3.8) is 0 Å². The van der Waals surface area contributed by atoms with Crippen molar-refractivity contribution >= 4 is 0 Å². The van der Waals surface area contributed by atoms with Crippen molar-refractivity contribution in [2.45, 2.75) is 38.1 Å². The molecule has 0 aliphatic heterocycles. The number of hydrogen-bond acceptors (Lipinski definition) is 1. The van der Waals surface area contributed by atoms with Gasteiger partial charge in [0.25, 0.3) is 0 Å². The highest BCUT2D eigenvalue weighted by Gasteiger charge is 2.21. The first-order valence-electron chi connectivity index (χ1n) is 4.65. The predicted octanol–water partition coefficient (Wildman–Crippen LogP) is 2.34. The van der Waals surface area contributed by atoms with Gasteiger partial charge in [0.05, 0.1) is 0 Å². The molecule has 0 radical (unpaired) electrons. The van der Waals surface area contributed by atoms with E-state index < -0.39 is 0 Å². The highest BCUT2D eigenvalue weighted by molar-refractivity contribution is 4.80. The summed E-state index contributed by atoms with van der Waals surface area (Å²) in [4.78, 5) is 0. The first-order valence-corrected chi connectivity index (χ1v) is 4.65. The van der Waals surface area contributed by atoms with Gasteiger partial charge in [0.2, 0.25) is 0 Å². The molecule has 0 bridgehead atoms. The zero-order valence-corrected chi connectivity index (χ0v) is 7.47. The van der Waals surface area contributed by atoms with Crippen LogP contribution >= 0.6 is 0 Å². The van der Waals surface area contributed by atoms with Gasteiger partial charge in [0, 0.05) is 6.04 Å². The van der Waals surface area contributed by atoms with Crippen molar-refractivity contribution in [1.82, 2.24) is 5.32 Å². The van der Waals surface area contributed by atoms with Crippen molar-refractivity contribution in [3.05, 3.63) is 12.7 Å². The quantitative estimate of drug-likeness (QED) is 0.577. The van der Waals surface area contributed by atoms with Gasteiger partial charge in [-0.2, -0.15) is 0 Å². The molecule has 0 aromatic carbocycles. The molecule has 1 saturated carbocycles. The molecule has 1 nitrogen and oxygen atoms in total. The maximum Gasteiger partial charge on any atom is 0.00985 e. The summed E-state index contributed by atoms with van der Waals surface area (Å²) in [5.74, 6) is 1.07.